The lowest BCUT2D eigenvalue weighted by molar-refractivity contribution is -0.246. The molecule has 6 fully saturated rings. The molecule has 8 heteroatoms. The molecule has 0 unspecified atom stereocenters. The van der Waals surface area contributed by atoms with E-state index in [1.165, 1.54) is 6.92 Å². The number of carbonyl (C=O) groups is 1. The van der Waals surface area contributed by atoms with E-state index in [-0.39, 0.29) is 71.6 Å². The van der Waals surface area contributed by atoms with Gasteiger partial charge in [0.1, 0.15) is 18.5 Å². The van der Waals surface area contributed by atoms with Crippen LogP contribution in [0.5, 0.6) is 0 Å². The van der Waals surface area contributed by atoms with Crippen LogP contribution in [0, 0.1) is 34.5 Å². The Morgan fingerprint density at radius 3 is 2.67 bits per heavy atom. The van der Waals surface area contributed by atoms with Crippen LogP contribution in [0.4, 0.5) is 0 Å². The molecule has 7 bridgehead atoms. The van der Waals surface area contributed by atoms with Crippen molar-refractivity contribution in [3.63, 3.8) is 0 Å². The molecule has 2 aliphatic heterocycles. The SMILES string of the molecule is CO[C@H]1[C@@H]2C[C@@H]3[C@H]1[C@@]1(C[C@@H]2OC)OCO[C@@]12[C@@H](OC(C)=O)[C@H]1[C@@]34[C@@H](OC)CC[C@]1(C)C=N[C@@H]42. The van der Waals surface area contributed by atoms with Gasteiger partial charge >= 0.3 is 5.97 Å². The summed E-state index contributed by atoms with van der Waals surface area (Å²) in [6.07, 6.45) is 5.29. The van der Waals surface area contributed by atoms with Crippen LogP contribution in [0.1, 0.15) is 39.5 Å². The Labute approximate surface area is 194 Å². The molecule has 0 aromatic rings. The highest BCUT2D eigenvalue weighted by atomic mass is 16.7. The van der Waals surface area contributed by atoms with Crippen LogP contribution in [-0.2, 0) is 33.2 Å². The number of hydrogen-bond donors (Lipinski definition) is 0. The third-order valence-corrected chi connectivity index (χ3v) is 11.2. The largest absolute Gasteiger partial charge is 0.459 e. The molecule has 182 valence electrons. The van der Waals surface area contributed by atoms with Crippen molar-refractivity contribution in [1.29, 1.82) is 0 Å². The average molecular weight is 462 g/mol. The minimum absolute atomic E-state index is 0.00146. The molecule has 5 aliphatic carbocycles. The lowest BCUT2D eigenvalue weighted by Crippen LogP contribution is -2.76. The van der Waals surface area contributed by atoms with Gasteiger partial charge < -0.3 is 28.4 Å². The number of carbonyl (C=O) groups excluding carboxylic acids is 1. The van der Waals surface area contributed by atoms with Crippen molar-refractivity contribution in [3.8, 4) is 0 Å². The number of nitrogens with zero attached hydrogens (tertiary/aromatic N) is 1. The van der Waals surface area contributed by atoms with Crippen LogP contribution in [0.3, 0.4) is 0 Å². The maximum absolute atomic E-state index is 12.6. The first kappa shape index (κ1) is 21.2. The van der Waals surface area contributed by atoms with E-state index in [4.69, 9.17) is 33.4 Å². The molecule has 0 radical (unpaired) electrons. The molecule has 13 atom stereocenters. The normalized spacial score (nSPS) is 61.2. The van der Waals surface area contributed by atoms with Crippen LogP contribution < -0.4 is 0 Å². The fraction of sp³-hybridized carbons (Fsp3) is 0.920. The van der Waals surface area contributed by atoms with Gasteiger partial charge in [0.2, 0.25) is 0 Å². The van der Waals surface area contributed by atoms with E-state index < -0.39 is 17.3 Å². The van der Waals surface area contributed by atoms with Crippen LogP contribution >= 0.6 is 0 Å². The van der Waals surface area contributed by atoms with E-state index in [2.05, 4.69) is 13.1 Å². The maximum Gasteiger partial charge on any atom is 0.303 e. The molecular formula is C25H35NO7. The van der Waals surface area contributed by atoms with Gasteiger partial charge in [-0.05, 0) is 25.2 Å². The molecule has 8 nitrogen and oxygen atoms in total. The Morgan fingerprint density at radius 2 is 1.97 bits per heavy atom. The summed E-state index contributed by atoms with van der Waals surface area (Å²) in [6.45, 7) is 3.96. The van der Waals surface area contributed by atoms with Crippen molar-refractivity contribution >= 4 is 12.2 Å². The minimum Gasteiger partial charge on any atom is -0.459 e. The molecule has 2 heterocycles. The highest BCUT2D eigenvalue weighted by Gasteiger charge is 2.93. The fourth-order valence-electron chi connectivity index (χ4n) is 10.7. The molecule has 7 rings (SSSR count). The minimum atomic E-state index is -0.872. The van der Waals surface area contributed by atoms with E-state index >= 15 is 0 Å². The molecule has 0 N–H and O–H groups in total. The molecule has 7 aliphatic rings. The Hall–Kier alpha value is -1.06. The monoisotopic (exact) mass is 461 g/mol. The van der Waals surface area contributed by atoms with Crippen molar-refractivity contribution in [2.24, 2.45) is 39.5 Å². The Balaban J connectivity index is 1.56. The molecule has 0 aromatic heterocycles. The summed E-state index contributed by atoms with van der Waals surface area (Å²) in [5.41, 5.74) is -2.04. The number of methoxy groups -OCH3 is 3. The number of hydrogen-bond acceptors (Lipinski definition) is 8. The Bertz CT molecular complexity index is 926. The summed E-state index contributed by atoms with van der Waals surface area (Å²) in [7, 11) is 5.42. The standard InChI is InChI=1S/C25H35NO7/c1-12(27)33-20-19-22(2)7-6-16(29-4)24(19)14-8-13-15(28-3)9-23(17(14)18(13)30-5)25(20,32-11-31-23)21(24)26-10-22/h10,13-21H,6-9,11H2,1-5H3/t13-,14-,15+,16+,17-,18+,19-,20+,21+,22-,23-,24+,25-/m1/s1. The van der Waals surface area contributed by atoms with Crippen LogP contribution in [-0.4, -0.2) is 82.0 Å². The molecule has 1 saturated heterocycles. The van der Waals surface area contributed by atoms with Crippen molar-refractivity contribution < 1.29 is 33.2 Å². The first-order chi connectivity index (χ1) is 15.9. The van der Waals surface area contributed by atoms with Crippen LogP contribution in [0.25, 0.3) is 0 Å². The predicted molar refractivity (Wildman–Crippen MR) is 116 cm³/mol. The van der Waals surface area contributed by atoms with Gasteiger partial charge in [-0.25, -0.2) is 0 Å². The van der Waals surface area contributed by atoms with E-state index in [0.29, 0.717) is 6.42 Å². The first-order valence-corrected chi connectivity index (χ1v) is 12.4. The van der Waals surface area contributed by atoms with E-state index in [0.717, 1.165) is 19.3 Å². The average Bonchev–Trinajstić information content (AvgIpc) is 3.36. The summed E-state index contributed by atoms with van der Waals surface area (Å²) in [4.78, 5) is 17.9. The molecule has 0 amide bonds. The van der Waals surface area contributed by atoms with Crippen LogP contribution in [0.2, 0.25) is 0 Å². The zero-order valence-electron chi connectivity index (χ0n) is 20.1. The second kappa shape index (κ2) is 6.38. The quantitative estimate of drug-likeness (QED) is 0.592. The van der Waals surface area contributed by atoms with Gasteiger partial charge in [-0.15, -0.1) is 0 Å². The van der Waals surface area contributed by atoms with Crippen molar-refractivity contribution in [2.75, 3.05) is 28.1 Å². The number of ether oxygens (including phenoxy) is 6. The highest BCUT2D eigenvalue weighted by molar-refractivity contribution is 5.72. The molecular weight excluding hydrogens is 426 g/mol. The smallest absolute Gasteiger partial charge is 0.303 e. The van der Waals surface area contributed by atoms with Gasteiger partial charge in [-0.1, -0.05) is 6.92 Å². The van der Waals surface area contributed by atoms with Gasteiger partial charge in [0, 0.05) is 69.5 Å². The topological polar surface area (TPSA) is 84.8 Å². The zero-order chi connectivity index (χ0) is 23.0. The second-order valence-corrected chi connectivity index (χ2v) is 11.8. The van der Waals surface area contributed by atoms with E-state index in [9.17, 15) is 4.79 Å². The molecule has 33 heavy (non-hydrogen) atoms. The van der Waals surface area contributed by atoms with E-state index in [1.807, 2.05) is 14.2 Å². The molecule has 3 spiro atoms. The molecule has 0 aromatic carbocycles. The van der Waals surface area contributed by atoms with Gasteiger partial charge in [-0.3, -0.25) is 9.79 Å². The third-order valence-electron chi connectivity index (χ3n) is 11.2. The van der Waals surface area contributed by atoms with Gasteiger partial charge in [-0.2, -0.15) is 0 Å². The van der Waals surface area contributed by atoms with Crippen molar-refractivity contribution in [1.82, 2.24) is 0 Å². The Morgan fingerprint density at radius 1 is 1.15 bits per heavy atom. The van der Waals surface area contributed by atoms with Crippen molar-refractivity contribution in [2.45, 2.75) is 81.2 Å². The zero-order valence-corrected chi connectivity index (χ0v) is 20.1. The lowest BCUT2D eigenvalue weighted by Gasteiger charge is -2.64. The summed E-state index contributed by atoms with van der Waals surface area (Å²) in [5, 5.41) is 0. The number of esters is 1. The Kier molecular flexibility index (Phi) is 4.11. The first-order valence-electron chi connectivity index (χ1n) is 12.4. The van der Waals surface area contributed by atoms with Crippen LogP contribution in [0.15, 0.2) is 4.99 Å². The second-order valence-electron chi connectivity index (χ2n) is 11.8. The number of fused-ring (bicyclic) bond motifs is 1. The number of rotatable bonds is 4. The summed E-state index contributed by atoms with van der Waals surface area (Å²) < 4.78 is 38.4. The van der Waals surface area contributed by atoms with Gasteiger partial charge in [0.25, 0.3) is 0 Å². The number of aliphatic imine (C=N–C) groups is 1. The summed E-state index contributed by atoms with van der Waals surface area (Å²) >= 11 is 0. The van der Waals surface area contributed by atoms with Gasteiger partial charge in [0.15, 0.2) is 5.60 Å². The lowest BCUT2D eigenvalue weighted by atomic mass is 9.44. The predicted octanol–water partition coefficient (Wildman–Crippen LogP) is 1.98. The fourth-order valence-corrected chi connectivity index (χ4v) is 10.7. The van der Waals surface area contributed by atoms with E-state index in [1.54, 1.807) is 7.11 Å². The van der Waals surface area contributed by atoms with Crippen molar-refractivity contribution in [3.05, 3.63) is 0 Å². The summed E-state index contributed by atoms with van der Waals surface area (Å²) in [5.74, 6) is 0.449. The third kappa shape index (κ3) is 1.96. The summed E-state index contributed by atoms with van der Waals surface area (Å²) in [6, 6.07) is -0.187. The highest BCUT2D eigenvalue weighted by Crippen LogP contribution is 2.81. The van der Waals surface area contributed by atoms with Gasteiger partial charge in [0.05, 0.1) is 24.4 Å². The maximum atomic E-state index is 12.6. The molecule has 5 saturated carbocycles.